The monoisotopic (exact) mass is 1000 g/mol. The van der Waals surface area contributed by atoms with Gasteiger partial charge in [0.1, 0.15) is 40.5 Å². The highest BCUT2D eigenvalue weighted by Crippen LogP contribution is 2.38. The van der Waals surface area contributed by atoms with Gasteiger partial charge in [0.05, 0.1) is 47.8 Å². The average molecular weight is 1000 g/mol. The summed E-state index contributed by atoms with van der Waals surface area (Å²) in [5.74, 6) is -0.403. The molecule has 71 heavy (non-hydrogen) atoms. The molecule has 378 valence electrons. The van der Waals surface area contributed by atoms with E-state index in [4.69, 9.17) is 24.2 Å². The van der Waals surface area contributed by atoms with Gasteiger partial charge in [0, 0.05) is 63.0 Å². The van der Waals surface area contributed by atoms with E-state index >= 15 is 0 Å². The molecule has 8 rings (SSSR count). The van der Waals surface area contributed by atoms with Crippen LogP contribution in [0.3, 0.4) is 0 Å². The predicted molar refractivity (Wildman–Crippen MR) is 287 cm³/mol. The van der Waals surface area contributed by atoms with Crippen LogP contribution in [0.1, 0.15) is 94.2 Å². The van der Waals surface area contributed by atoms with Crippen molar-refractivity contribution in [3.63, 3.8) is 0 Å². The van der Waals surface area contributed by atoms with Crippen LogP contribution in [-0.2, 0) is 43.2 Å². The van der Waals surface area contributed by atoms with Crippen LogP contribution in [0, 0.1) is 0 Å². The quantitative estimate of drug-likeness (QED) is 0.0632. The Kier molecular flexibility index (Phi) is 14.7. The summed E-state index contributed by atoms with van der Waals surface area (Å²) in [6.07, 6.45) is 6.80. The lowest BCUT2D eigenvalue weighted by Gasteiger charge is -2.36. The van der Waals surface area contributed by atoms with Crippen LogP contribution in [0.4, 0.5) is 0 Å². The summed E-state index contributed by atoms with van der Waals surface area (Å²) < 4.78 is 18.0. The maximum absolute atomic E-state index is 13.4. The number of nitrogens with zero attached hydrogens (tertiary/aromatic N) is 9. The second-order valence-electron chi connectivity index (χ2n) is 23.2. The highest BCUT2D eigenvalue weighted by molar-refractivity contribution is 6.76. The molecule has 2 aromatic carbocycles. The molecule has 8 aromatic rings. The summed E-state index contributed by atoms with van der Waals surface area (Å²) >= 11 is 0. The number of hydrogen-bond acceptors (Lipinski definition) is 11. The number of rotatable bonds is 13. The van der Waals surface area contributed by atoms with Crippen LogP contribution in [0.15, 0.2) is 61.2 Å². The summed E-state index contributed by atoms with van der Waals surface area (Å²) in [6, 6.07) is 13.1. The van der Waals surface area contributed by atoms with Crippen LogP contribution < -0.4 is 10.6 Å². The van der Waals surface area contributed by atoms with Crippen molar-refractivity contribution in [1.29, 1.82) is 0 Å². The van der Waals surface area contributed by atoms with Crippen molar-refractivity contribution in [3.8, 4) is 22.8 Å². The van der Waals surface area contributed by atoms with Gasteiger partial charge >= 0.3 is 0 Å². The van der Waals surface area contributed by atoms with Crippen molar-refractivity contribution in [2.24, 2.45) is 14.1 Å². The standard InChI is InChI=1S/C32H50N6O3Si2.C20H22N6O2/c1-31(2,3)35-30(39)24-19-38(21-40-15-16-42(8,9)10)29-28(24)34-25(18-33-29)27-23-17-22(13-14-26(23)37(7)36-27)20-41-43(11,12)32(4,5)6;1-20(2,3)24-19(28)13-8-21-18-17(13)23-14(9-22-18)16-12-7-11(10-27)5-6-15(12)26(4)25-16/h13-14,17-19H,15-16,20-21H2,1-12H3,(H,35,39);5-9,27H,10H2,1-4H3,(H,21,22)(H,24,28). The molecule has 17 nitrogen and oxygen atoms in total. The molecule has 0 bridgehead atoms. The number of carbonyl (C=O) groups is 2. The maximum Gasteiger partial charge on any atom is 0.255 e. The number of benzene rings is 2. The Bertz CT molecular complexity index is 3250. The van der Waals surface area contributed by atoms with Crippen LogP contribution in [0.2, 0.25) is 43.8 Å². The normalized spacial score (nSPS) is 12.8. The number of aryl methyl sites for hydroxylation is 2. The first-order valence-electron chi connectivity index (χ1n) is 24.1. The molecule has 0 atom stereocenters. The number of hydrogen-bond donors (Lipinski definition) is 4. The third-order valence-electron chi connectivity index (χ3n) is 12.5. The first kappa shape index (κ1) is 52.7. The number of aliphatic hydroxyl groups is 1. The van der Waals surface area contributed by atoms with Crippen LogP contribution >= 0.6 is 0 Å². The Morgan fingerprint density at radius 3 is 1.82 bits per heavy atom. The largest absolute Gasteiger partial charge is 0.413 e. The van der Waals surface area contributed by atoms with E-state index in [1.807, 2.05) is 83.1 Å². The summed E-state index contributed by atoms with van der Waals surface area (Å²) in [4.78, 5) is 48.0. The first-order chi connectivity index (χ1) is 33.0. The van der Waals surface area contributed by atoms with Crippen molar-refractivity contribution >= 4 is 72.3 Å². The molecule has 0 unspecified atom stereocenters. The summed E-state index contributed by atoms with van der Waals surface area (Å²) in [5, 5.41) is 26.9. The number of fused-ring (bicyclic) bond motifs is 4. The van der Waals surface area contributed by atoms with Gasteiger partial charge in [0.25, 0.3) is 11.8 Å². The molecule has 0 aliphatic carbocycles. The van der Waals surface area contributed by atoms with E-state index in [0.29, 0.717) is 70.5 Å². The minimum atomic E-state index is -1.90. The van der Waals surface area contributed by atoms with Crippen molar-refractivity contribution in [1.82, 2.24) is 59.7 Å². The number of aromatic amines is 1. The van der Waals surface area contributed by atoms with E-state index in [2.05, 4.69) is 102 Å². The van der Waals surface area contributed by atoms with E-state index in [1.165, 1.54) is 0 Å². The molecular formula is C52H72N12O5Si2. The Hall–Kier alpha value is -6.13. The number of aromatic nitrogens is 10. The fourth-order valence-electron chi connectivity index (χ4n) is 7.64. The smallest absolute Gasteiger partial charge is 0.255 e. The van der Waals surface area contributed by atoms with Crippen molar-refractivity contribution in [2.45, 2.75) is 137 Å². The van der Waals surface area contributed by atoms with Gasteiger partial charge in [-0.2, -0.15) is 10.2 Å². The summed E-state index contributed by atoms with van der Waals surface area (Å²) in [5.41, 5.74) is 8.70. The number of carbonyl (C=O) groups excluding carboxylic acids is 2. The topological polar surface area (TPSA) is 205 Å². The number of amides is 2. The van der Waals surface area contributed by atoms with E-state index in [-0.39, 0.29) is 29.0 Å². The van der Waals surface area contributed by atoms with Crippen molar-refractivity contribution in [3.05, 3.63) is 83.4 Å². The first-order valence-corrected chi connectivity index (χ1v) is 30.7. The number of aliphatic hydroxyl groups excluding tert-OH is 1. The fourth-order valence-corrected chi connectivity index (χ4v) is 9.36. The minimum Gasteiger partial charge on any atom is -0.413 e. The molecule has 2 amide bonds. The zero-order valence-corrected chi connectivity index (χ0v) is 46.4. The average Bonchev–Trinajstić information content (AvgIpc) is 4.04. The molecule has 4 N–H and O–H groups in total. The predicted octanol–water partition coefficient (Wildman–Crippen LogP) is 9.88. The Balaban J connectivity index is 0.000000228. The SMILES string of the molecule is Cn1nc(-c2cnc3[nH]cc(C(=O)NC(C)(C)C)c3n2)c2cc(CO)ccc21.Cn1nc(-c2cnc3c(n2)c(C(=O)NC(C)(C)C)cn3COCC[Si](C)(C)C)c2cc(CO[Si](C)(C)C(C)(C)C)ccc21. The van der Waals surface area contributed by atoms with E-state index in [1.54, 1.807) is 29.5 Å². The zero-order valence-electron chi connectivity index (χ0n) is 44.4. The van der Waals surface area contributed by atoms with E-state index in [0.717, 1.165) is 44.7 Å². The lowest BCUT2D eigenvalue weighted by atomic mass is 10.1. The molecule has 0 saturated carbocycles. The van der Waals surface area contributed by atoms with Crippen LogP contribution in [0.25, 0.3) is 66.9 Å². The molecule has 0 radical (unpaired) electrons. The van der Waals surface area contributed by atoms with Crippen molar-refractivity contribution < 1.29 is 23.9 Å². The lowest BCUT2D eigenvalue weighted by molar-refractivity contribution is 0.0884. The number of ether oxygens (including phenoxy) is 1. The minimum absolute atomic E-state index is 0.0517. The van der Waals surface area contributed by atoms with E-state index < -0.39 is 21.9 Å². The summed E-state index contributed by atoms with van der Waals surface area (Å²) in [7, 11) is 0.660. The molecule has 6 aromatic heterocycles. The summed E-state index contributed by atoms with van der Waals surface area (Å²) in [6.45, 7) is 31.4. The van der Waals surface area contributed by atoms with Gasteiger partial charge in [-0.1, -0.05) is 52.5 Å². The van der Waals surface area contributed by atoms with Gasteiger partial charge in [-0.15, -0.1) is 0 Å². The second-order valence-corrected chi connectivity index (χ2v) is 33.6. The molecule has 0 aliphatic rings. The molecule has 0 fully saturated rings. The molecular weight excluding hydrogens is 929 g/mol. The fraction of sp³-hybridized carbons (Fsp3) is 0.462. The molecule has 0 aliphatic heterocycles. The number of H-pyrrole nitrogens is 1. The molecule has 19 heteroatoms. The van der Waals surface area contributed by atoms with Gasteiger partial charge < -0.3 is 34.5 Å². The highest BCUT2D eigenvalue weighted by Gasteiger charge is 2.37. The number of nitrogens with one attached hydrogen (secondary N) is 3. The van der Waals surface area contributed by atoms with Gasteiger partial charge in [0.15, 0.2) is 19.6 Å². The highest BCUT2D eigenvalue weighted by atomic mass is 28.4. The zero-order chi connectivity index (χ0) is 52.0. The Labute approximate surface area is 418 Å². The van der Waals surface area contributed by atoms with Crippen LogP contribution in [0.5, 0.6) is 0 Å². The Morgan fingerprint density at radius 2 is 1.27 bits per heavy atom. The lowest BCUT2D eigenvalue weighted by Crippen LogP contribution is -2.40. The second kappa shape index (κ2) is 19.8. The van der Waals surface area contributed by atoms with Gasteiger partial charge in [-0.3, -0.25) is 19.0 Å². The maximum atomic E-state index is 13.4. The van der Waals surface area contributed by atoms with E-state index in [9.17, 15) is 14.7 Å². The van der Waals surface area contributed by atoms with Gasteiger partial charge in [0.2, 0.25) is 0 Å². The molecule has 0 saturated heterocycles. The third-order valence-corrected chi connectivity index (χ3v) is 18.7. The van der Waals surface area contributed by atoms with Gasteiger partial charge in [-0.05, 0) is 101 Å². The third kappa shape index (κ3) is 12.1. The van der Waals surface area contributed by atoms with Crippen LogP contribution in [-0.4, -0.2) is 100 Å². The molecule has 6 heterocycles. The van der Waals surface area contributed by atoms with Crippen molar-refractivity contribution in [2.75, 3.05) is 6.61 Å². The van der Waals surface area contributed by atoms with Gasteiger partial charge in [-0.25, -0.2) is 19.9 Å². The Morgan fingerprint density at radius 1 is 0.732 bits per heavy atom. The molecule has 0 spiro atoms.